The van der Waals surface area contributed by atoms with Crippen LogP contribution in [0.3, 0.4) is 0 Å². The van der Waals surface area contributed by atoms with Crippen LogP contribution < -0.4 is 0 Å². The van der Waals surface area contributed by atoms with Crippen LogP contribution in [0.4, 0.5) is 4.39 Å². The number of fused-ring (bicyclic) bond motifs is 1. The molecule has 0 saturated carbocycles. The number of hydrogen-bond donors (Lipinski definition) is 0. The minimum Gasteiger partial charge on any atom is -0.330 e. The van der Waals surface area contributed by atoms with Gasteiger partial charge in [-0.2, -0.15) is 0 Å². The summed E-state index contributed by atoms with van der Waals surface area (Å²) in [6, 6.07) is 8.18. The van der Waals surface area contributed by atoms with Gasteiger partial charge in [-0.15, -0.1) is 11.3 Å². The van der Waals surface area contributed by atoms with Crippen molar-refractivity contribution in [3.05, 3.63) is 57.5 Å². The quantitative estimate of drug-likeness (QED) is 0.688. The topological polar surface area (TPSA) is 40.6 Å². The Morgan fingerprint density at radius 3 is 2.52 bits per heavy atom. The molecule has 0 saturated heterocycles. The first-order chi connectivity index (χ1) is 13.8. The van der Waals surface area contributed by atoms with E-state index in [1.54, 1.807) is 28.4 Å². The third kappa shape index (κ3) is 4.53. The summed E-state index contributed by atoms with van der Waals surface area (Å²) in [6.07, 6.45) is 1.60. The van der Waals surface area contributed by atoms with Crippen LogP contribution in [0.2, 0.25) is 0 Å². The molecule has 0 unspecified atom stereocenters. The van der Waals surface area contributed by atoms with E-state index in [1.807, 2.05) is 38.0 Å². The number of benzene rings is 1. The largest absolute Gasteiger partial charge is 0.330 e. The minimum absolute atomic E-state index is 0.000352. The number of hydrogen-bond acceptors (Lipinski definition) is 3. The van der Waals surface area contributed by atoms with Crippen molar-refractivity contribution in [3.63, 3.8) is 0 Å². The van der Waals surface area contributed by atoms with Crippen LogP contribution in [0.25, 0.3) is 0 Å². The third-order valence-electron chi connectivity index (χ3n) is 5.68. The lowest BCUT2D eigenvalue weighted by Crippen LogP contribution is -2.50. The molecule has 6 heteroatoms. The molecule has 0 bridgehead atoms. The Balaban J connectivity index is 1.91. The molecule has 2 amide bonds. The molecule has 2 atom stereocenters. The van der Waals surface area contributed by atoms with Crippen LogP contribution in [-0.2, 0) is 16.0 Å². The molecule has 1 aliphatic rings. The zero-order valence-corrected chi connectivity index (χ0v) is 18.3. The fourth-order valence-corrected chi connectivity index (χ4v) is 4.73. The van der Waals surface area contributed by atoms with E-state index in [0.29, 0.717) is 6.54 Å². The Kier molecular flexibility index (Phi) is 6.73. The first-order valence-electron chi connectivity index (χ1n) is 10.2. The molecule has 0 aliphatic carbocycles. The highest BCUT2D eigenvalue weighted by atomic mass is 32.1. The van der Waals surface area contributed by atoms with Crippen molar-refractivity contribution in [1.29, 1.82) is 0 Å². The van der Waals surface area contributed by atoms with E-state index in [4.69, 9.17) is 0 Å². The first kappa shape index (κ1) is 21.5. The Morgan fingerprint density at radius 2 is 1.90 bits per heavy atom. The zero-order chi connectivity index (χ0) is 21.1. The summed E-state index contributed by atoms with van der Waals surface area (Å²) >= 11 is 1.70. The molecule has 2 heterocycles. The molecule has 1 aliphatic heterocycles. The van der Waals surface area contributed by atoms with Crippen molar-refractivity contribution in [3.8, 4) is 0 Å². The van der Waals surface area contributed by atoms with E-state index >= 15 is 0 Å². The van der Waals surface area contributed by atoms with Gasteiger partial charge in [-0.1, -0.05) is 32.9 Å². The normalized spacial score (nSPS) is 17.2. The second-order valence-electron chi connectivity index (χ2n) is 7.97. The molecule has 3 rings (SSSR count). The van der Waals surface area contributed by atoms with Gasteiger partial charge in [0, 0.05) is 23.4 Å². The van der Waals surface area contributed by atoms with Crippen LogP contribution in [0.1, 0.15) is 56.2 Å². The molecule has 0 N–H and O–H groups in total. The molecule has 156 valence electrons. The highest BCUT2D eigenvalue weighted by Gasteiger charge is 2.34. The summed E-state index contributed by atoms with van der Waals surface area (Å²) in [5.41, 5.74) is 2.00. The van der Waals surface area contributed by atoms with Crippen molar-refractivity contribution in [2.75, 3.05) is 13.1 Å². The summed E-state index contributed by atoms with van der Waals surface area (Å²) in [4.78, 5) is 30.9. The number of amides is 2. The molecule has 0 fully saturated rings. The van der Waals surface area contributed by atoms with Crippen LogP contribution in [0.5, 0.6) is 0 Å². The average molecular weight is 417 g/mol. The van der Waals surface area contributed by atoms with Crippen LogP contribution in [-0.4, -0.2) is 40.7 Å². The summed E-state index contributed by atoms with van der Waals surface area (Å²) in [5, 5.41) is 2.04. The number of nitrogens with zero attached hydrogens (tertiary/aromatic N) is 2. The molecular formula is C23H29FN2O2S. The van der Waals surface area contributed by atoms with Gasteiger partial charge in [0.25, 0.3) is 0 Å². The van der Waals surface area contributed by atoms with E-state index in [9.17, 15) is 14.0 Å². The van der Waals surface area contributed by atoms with Gasteiger partial charge in [-0.25, -0.2) is 4.39 Å². The number of halogens is 1. The molecule has 4 nitrogen and oxygen atoms in total. The SMILES string of the molecule is CC[C@@H](C)N(CC(=O)N1CCc2sccc2[C@@H]1c1ccc(F)cc1)C(=O)C(C)C. The Hall–Kier alpha value is -2.21. The second-order valence-corrected chi connectivity index (χ2v) is 8.97. The maximum Gasteiger partial charge on any atom is 0.243 e. The Bertz CT molecular complexity index is 862. The molecule has 1 aromatic carbocycles. The van der Waals surface area contributed by atoms with Crippen LogP contribution in [0, 0.1) is 11.7 Å². The predicted molar refractivity (Wildman–Crippen MR) is 114 cm³/mol. The average Bonchev–Trinajstić information content (AvgIpc) is 3.19. The highest BCUT2D eigenvalue weighted by Crippen LogP contribution is 2.38. The minimum atomic E-state index is -0.293. The van der Waals surface area contributed by atoms with Gasteiger partial charge in [0.2, 0.25) is 11.8 Å². The number of rotatable bonds is 6. The van der Waals surface area contributed by atoms with Crippen LogP contribution in [0.15, 0.2) is 35.7 Å². The standard InChI is InChI=1S/C23H29FN2O2S/c1-5-16(4)26(23(28)15(2)3)14-21(27)25-12-10-20-19(11-13-29-20)22(25)17-6-8-18(24)9-7-17/h6-9,11,13,15-16,22H,5,10,12,14H2,1-4H3/t16-,22+/m1/s1. The molecule has 0 radical (unpaired) electrons. The molecule has 1 aromatic heterocycles. The van der Waals surface area contributed by atoms with E-state index < -0.39 is 0 Å². The maximum absolute atomic E-state index is 13.5. The predicted octanol–water partition coefficient (Wildman–Crippen LogP) is 4.64. The highest BCUT2D eigenvalue weighted by molar-refractivity contribution is 7.10. The van der Waals surface area contributed by atoms with E-state index in [2.05, 4.69) is 6.07 Å². The molecular weight excluding hydrogens is 387 g/mol. The maximum atomic E-state index is 13.5. The van der Waals surface area contributed by atoms with Crippen molar-refractivity contribution in [2.24, 2.45) is 5.92 Å². The smallest absolute Gasteiger partial charge is 0.243 e. The fraction of sp³-hybridized carbons (Fsp3) is 0.478. The van der Waals surface area contributed by atoms with Crippen molar-refractivity contribution in [2.45, 2.75) is 52.6 Å². The summed E-state index contributed by atoms with van der Waals surface area (Å²) < 4.78 is 13.5. The van der Waals surface area contributed by atoms with Crippen molar-refractivity contribution < 1.29 is 14.0 Å². The van der Waals surface area contributed by atoms with Gasteiger partial charge in [0.15, 0.2) is 0 Å². The zero-order valence-electron chi connectivity index (χ0n) is 17.5. The van der Waals surface area contributed by atoms with E-state index in [1.165, 1.54) is 17.0 Å². The lowest BCUT2D eigenvalue weighted by atomic mass is 9.93. The van der Waals surface area contributed by atoms with Gasteiger partial charge in [0.1, 0.15) is 12.4 Å². The summed E-state index contributed by atoms with van der Waals surface area (Å²) in [6.45, 7) is 8.40. The van der Waals surface area contributed by atoms with Gasteiger partial charge in [-0.3, -0.25) is 9.59 Å². The number of carbonyl (C=O) groups excluding carboxylic acids is 2. The van der Waals surface area contributed by atoms with Gasteiger partial charge in [0.05, 0.1) is 6.04 Å². The number of thiophene rings is 1. The monoisotopic (exact) mass is 416 g/mol. The fourth-order valence-electron chi connectivity index (χ4n) is 3.83. The van der Waals surface area contributed by atoms with E-state index in [-0.39, 0.29) is 42.2 Å². The molecule has 2 aromatic rings. The Morgan fingerprint density at radius 1 is 1.21 bits per heavy atom. The summed E-state index contributed by atoms with van der Waals surface area (Å²) in [5.74, 6) is -0.516. The van der Waals surface area contributed by atoms with Gasteiger partial charge in [-0.05, 0) is 54.5 Å². The summed E-state index contributed by atoms with van der Waals surface area (Å²) in [7, 11) is 0. The van der Waals surface area contributed by atoms with Crippen LogP contribution >= 0.6 is 11.3 Å². The third-order valence-corrected chi connectivity index (χ3v) is 6.67. The number of carbonyl (C=O) groups is 2. The van der Waals surface area contributed by atoms with E-state index in [0.717, 1.165) is 24.0 Å². The van der Waals surface area contributed by atoms with Gasteiger partial charge >= 0.3 is 0 Å². The first-order valence-corrected chi connectivity index (χ1v) is 11.1. The second kappa shape index (κ2) is 9.08. The molecule has 0 spiro atoms. The van der Waals surface area contributed by atoms with Crippen molar-refractivity contribution in [1.82, 2.24) is 9.80 Å². The Labute approximate surface area is 176 Å². The lowest BCUT2D eigenvalue weighted by molar-refractivity contribution is -0.145. The van der Waals surface area contributed by atoms with Crippen molar-refractivity contribution >= 4 is 23.2 Å². The van der Waals surface area contributed by atoms with Gasteiger partial charge < -0.3 is 9.80 Å². The lowest BCUT2D eigenvalue weighted by Gasteiger charge is -2.38. The molecule has 29 heavy (non-hydrogen) atoms.